The molecule has 226 valence electrons. The average Bonchev–Trinajstić information content (AvgIpc) is 3.52. The lowest BCUT2D eigenvalue weighted by molar-refractivity contribution is 0.982. The van der Waals surface area contributed by atoms with Crippen LogP contribution < -0.4 is 0 Å². The molecule has 0 spiro atoms. The van der Waals surface area contributed by atoms with Gasteiger partial charge in [0.25, 0.3) is 0 Å². The molecule has 0 aliphatic rings. The van der Waals surface area contributed by atoms with Crippen molar-refractivity contribution in [3.05, 3.63) is 205 Å². The third-order valence-electron chi connectivity index (χ3n) is 9.56. The summed E-state index contributed by atoms with van der Waals surface area (Å²) in [5.74, 6) is 0.0691. The van der Waals surface area contributed by atoms with Crippen molar-refractivity contribution in [1.82, 2.24) is 0 Å². The van der Waals surface area contributed by atoms with Crippen molar-refractivity contribution in [2.45, 2.75) is 5.92 Å². The van der Waals surface area contributed by atoms with Crippen molar-refractivity contribution in [3.63, 3.8) is 0 Å². The Morgan fingerprint density at radius 3 is 1.48 bits per heavy atom. The van der Waals surface area contributed by atoms with E-state index in [2.05, 4.69) is 188 Å². The third-order valence-corrected chi connectivity index (χ3v) is 10.7. The molecule has 9 rings (SSSR count). The molecular formula is C47H32S. The van der Waals surface area contributed by atoms with E-state index in [1.807, 2.05) is 11.3 Å². The van der Waals surface area contributed by atoms with Gasteiger partial charge in [0.2, 0.25) is 0 Å². The predicted octanol–water partition coefficient (Wildman–Crippen LogP) is 13.4. The quantitative estimate of drug-likeness (QED) is 0.161. The Hall–Kier alpha value is -5.76. The van der Waals surface area contributed by atoms with Crippen LogP contribution in [0.4, 0.5) is 0 Å². The molecule has 1 heteroatoms. The fourth-order valence-corrected chi connectivity index (χ4v) is 8.55. The van der Waals surface area contributed by atoms with E-state index in [9.17, 15) is 0 Å². The highest BCUT2D eigenvalue weighted by atomic mass is 32.1. The number of thiophene rings is 1. The van der Waals surface area contributed by atoms with Gasteiger partial charge < -0.3 is 0 Å². The Kier molecular flexibility index (Phi) is 7.18. The van der Waals surface area contributed by atoms with Crippen molar-refractivity contribution >= 4 is 42.3 Å². The number of hydrogen-bond acceptors (Lipinski definition) is 1. The van der Waals surface area contributed by atoms with Crippen LogP contribution in [0.5, 0.6) is 0 Å². The van der Waals surface area contributed by atoms with Gasteiger partial charge in [0, 0.05) is 26.1 Å². The molecule has 9 aromatic rings. The van der Waals surface area contributed by atoms with E-state index in [0.29, 0.717) is 0 Å². The summed E-state index contributed by atoms with van der Waals surface area (Å²) in [7, 11) is 0. The molecule has 0 radical (unpaired) electrons. The topological polar surface area (TPSA) is 0 Å². The van der Waals surface area contributed by atoms with Gasteiger partial charge >= 0.3 is 0 Å². The van der Waals surface area contributed by atoms with E-state index in [0.717, 1.165) is 0 Å². The summed E-state index contributed by atoms with van der Waals surface area (Å²) in [6.07, 6.45) is 0. The Balaban J connectivity index is 1.26. The minimum Gasteiger partial charge on any atom is -0.135 e. The van der Waals surface area contributed by atoms with Crippen LogP contribution in [0, 0.1) is 0 Å². The lowest BCUT2D eigenvalue weighted by atomic mass is 9.82. The standard InChI is InChI=1S/C47H32S/c1-4-14-32(15-5-1)35-21-12-23-38(28-35)45(39-24-13-22-36(29-39)33-16-6-2-7-17-33)40-26-27-42-43(31-40)48-44-30-37-20-10-11-25-41(37)46(47(42)44)34-18-8-3-9-19-34/h1-31,45H. The molecule has 1 aromatic heterocycles. The van der Waals surface area contributed by atoms with Crippen LogP contribution in [-0.4, -0.2) is 0 Å². The molecule has 0 amide bonds. The zero-order chi connectivity index (χ0) is 31.9. The van der Waals surface area contributed by atoms with Gasteiger partial charge in [-0.15, -0.1) is 11.3 Å². The lowest BCUT2D eigenvalue weighted by Crippen LogP contribution is -2.04. The lowest BCUT2D eigenvalue weighted by Gasteiger charge is -2.21. The Bertz CT molecular complexity index is 2460. The van der Waals surface area contributed by atoms with Gasteiger partial charge in [-0.05, 0) is 73.0 Å². The Morgan fingerprint density at radius 1 is 0.333 bits per heavy atom. The van der Waals surface area contributed by atoms with E-state index < -0.39 is 0 Å². The number of fused-ring (bicyclic) bond motifs is 4. The first-order chi connectivity index (χ1) is 23.8. The average molecular weight is 629 g/mol. The van der Waals surface area contributed by atoms with E-state index in [1.54, 1.807) is 0 Å². The maximum absolute atomic E-state index is 2.45. The molecule has 48 heavy (non-hydrogen) atoms. The zero-order valence-electron chi connectivity index (χ0n) is 26.4. The van der Waals surface area contributed by atoms with Gasteiger partial charge in [0.05, 0.1) is 0 Å². The summed E-state index contributed by atoms with van der Waals surface area (Å²) in [5, 5.41) is 5.25. The van der Waals surface area contributed by atoms with Crippen LogP contribution in [0.15, 0.2) is 188 Å². The molecule has 0 saturated carbocycles. The van der Waals surface area contributed by atoms with E-state index >= 15 is 0 Å². The predicted molar refractivity (Wildman–Crippen MR) is 207 cm³/mol. The summed E-state index contributed by atoms with van der Waals surface area (Å²) in [6.45, 7) is 0. The van der Waals surface area contributed by atoms with E-state index in [-0.39, 0.29) is 5.92 Å². The largest absolute Gasteiger partial charge is 0.135 e. The number of hydrogen-bond donors (Lipinski definition) is 0. The van der Waals surface area contributed by atoms with Gasteiger partial charge in [-0.2, -0.15) is 0 Å². The second-order valence-corrected chi connectivity index (χ2v) is 13.6. The number of benzene rings is 8. The molecule has 0 aliphatic heterocycles. The van der Waals surface area contributed by atoms with Crippen molar-refractivity contribution in [3.8, 4) is 33.4 Å². The molecule has 0 fully saturated rings. The van der Waals surface area contributed by atoms with Gasteiger partial charge in [0.1, 0.15) is 0 Å². The summed E-state index contributed by atoms with van der Waals surface area (Å²) >= 11 is 1.91. The van der Waals surface area contributed by atoms with E-state index in [4.69, 9.17) is 0 Å². The first kappa shape index (κ1) is 28.5. The smallest absolute Gasteiger partial charge is 0.0368 e. The third kappa shape index (κ3) is 5.10. The van der Waals surface area contributed by atoms with Gasteiger partial charge in [-0.25, -0.2) is 0 Å². The first-order valence-corrected chi connectivity index (χ1v) is 17.4. The van der Waals surface area contributed by atoms with Crippen LogP contribution in [0.2, 0.25) is 0 Å². The molecule has 1 heterocycles. The van der Waals surface area contributed by atoms with Crippen LogP contribution >= 0.6 is 11.3 Å². The molecule has 0 nitrogen and oxygen atoms in total. The summed E-state index contributed by atoms with van der Waals surface area (Å²) < 4.78 is 2.65. The maximum atomic E-state index is 2.45. The van der Waals surface area contributed by atoms with Crippen molar-refractivity contribution in [2.24, 2.45) is 0 Å². The fraction of sp³-hybridized carbons (Fsp3) is 0.0213. The van der Waals surface area contributed by atoms with Crippen LogP contribution in [0.1, 0.15) is 22.6 Å². The fourth-order valence-electron chi connectivity index (χ4n) is 7.34. The molecule has 0 N–H and O–H groups in total. The highest BCUT2D eigenvalue weighted by molar-refractivity contribution is 7.26. The summed E-state index contributed by atoms with van der Waals surface area (Å²) in [6, 6.07) is 68.9. The summed E-state index contributed by atoms with van der Waals surface area (Å²) in [5.41, 5.74) is 11.4. The summed E-state index contributed by atoms with van der Waals surface area (Å²) in [4.78, 5) is 0. The molecule has 0 atom stereocenters. The minimum atomic E-state index is 0.0691. The highest BCUT2D eigenvalue weighted by Crippen LogP contribution is 2.46. The highest BCUT2D eigenvalue weighted by Gasteiger charge is 2.21. The van der Waals surface area contributed by atoms with Crippen LogP contribution in [0.3, 0.4) is 0 Å². The van der Waals surface area contributed by atoms with E-state index in [1.165, 1.54) is 81.0 Å². The number of rotatable bonds is 6. The van der Waals surface area contributed by atoms with Crippen molar-refractivity contribution in [1.29, 1.82) is 0 Å². The van der Waals surface area contributed by atoms with Crippen molar-refractivity contribution in [2.75, 3.05) is 0 Å². The van der Waals surface area contributed by atoms with Gasteiger partial charge in [-0.1, -0.05) is 176 Å². The monoisotopic (exact) mass is 628 g/mol. The second kappa shape index (κ2) is 12.1. The van der Waals surface area contributed by atoms with Gasteiger partial charge in [0.15, 0.2) is 0 Å². The minimum absolute atomic E-state index is 0.0691. The molecule has 8 aromatic carbocycles. The second-order valence-electron chi connectivity index (χ2n) is 12.5. The Morgan fingerprint density at radius 2 is 0.854 bits per heavy atom. The maximum Gasteiger partial charge on any atom is 0.0368 e. The molecule has 0 saturated heterocycles. The van der Waals surface area contributed by atoms with Crippen LogP contribution in [0.25, 0.3) is 64.3 Å². The molecular weight excluding hydrogens is 597 g/mol. The van der Waals surface area contributed by atoms with Crippen LogP contribution in [-0.2, 0) is 0 Å². The SMILES string of the molecule is c1ccc(-c2cccc(C(c3cccc(-c4ccccc4)c3)c3ccc4c(c3)sc3cc5ccccc5c(-c5ccccc5)c34)c2)cc1. The van der Waals surface area contributed by atoms with Crippen molar-refractivity contribution < 1.29 is 0 Å². The molecule has 0 bridgehead atoms. The van der Waals surface area contributed by atoms with Gasteiger partial charge in [-0.3, -0.25) is 0 Å². The molecule has 0 unspecified atom stereocenters. The molecule has 0 aliphatic carbocycles. The zero-order valence-corrected chi connectivity index (χ0v) is 27.2. The first-order valence-electron chi connectivity index (χ1n) is 16.5. The normalized spacial score (nSPS) is 11.5. The Labute approximate surface area is 285 Å².